The summed E-state index contributed by atoms with van der Waals surface area (Å²) in [6.45, 7) is 1.98. The predicted molar refractivity (Wildman–Crippen MR) is 74.9 cm³/mol. The van der Waals surface area contributed by atoms with Crippen molar-refractivity contribution in [1.29, 1.82) is 0 Å². The molecule has 0 atom stereocenters. The molecule has 108 valence electrons. The molecule has 0 spiro atoms. The molecule has 2 rings (SSSR count). The second kappa shape index (κ2) is 5.65. The summed E-state index contributed by atoms with van der Waals surface area (Å²) in [7, 11) is 2.62. The molecule has 0 aromatic carbocycles. The van der Waals surface area contributed by atoms with Gasteiger partial charge in [-0.3, -0.25) is 9.59 Å². The van der Waals surface area contributed by atoms with Crippen molar-refractivity contribution in [2.24, 2.45) is 5.41 Å². The van der Waals surface area contributed by atoms with Crippen LogP contribution < -0.4 is 0 Å². The number of rotatable bonds is 3. The minimum absolute atomic E-state index is 0.378. The molecule has 2 aliphatic carbocycles. The molecule has 0 saturated carbocycles. The van der Waals surface area contributed by atoms with Crippen LogP contribution in [0.2, 0.25) is 0 Å². The topological polar surface area (TPSA) is 52.6 Å². The highest BCUT2D eigenvalue weighted by atomic mass is 16.5. The van der Waals surface area contributed by atoms with Gasteiger partial charge in [-0.25, -0.2) is 0 Å². The highest BCUT2D eigenvalue weighted by Crippen LogP contribution is 2.48. The third-order valence-electron chi connectivity index (χ3n) is 4.07. The van der Waals surface area contributed by atoms with Crippen LogP contribution >= 0.6 is 0 Å². The van der Waals surface area contributed by atoms with Crippen LogP contribution in [-0.2, 0) is 19.1 Å². The molecule has 0 aliphatic heterocycles. The number of ether oxygens (including phenoxy) is 2. The van der Waals surface area contributed by atoms with Gasteiger partial charge in [-0.1, -0.05) is 23.8 Å². The van der Waals surface area contributed by atoms with Crippen LogP contribution in [0.15, 0.2) is 34.9 Å². The molecular formula is C16H20O4. The maximum absolute atomic E-state index is 12.1. The van der Waals surface area contributed by atoms with E-state index < -0.39 is 17.4 Å². The summed E-state index contributed by atoms with van der Waals surface area (Å²) in [5.41, 5.74) is 2.31. The van der Waals surface area contributed by atoms with Gasteiger partial charge in [-0.05, 0) is 43.8 Å². The van der Waals surface area contributed by atoms with E-state index >= 15 is 0 Å². The average Bonchev–Trinajstić information content (AvgIpc) is 2.85. The Morgan fingerprint density at radius 2 is 1.80 bits per heavy atom. The lowest BCUT2D eigenvalue weighted by molar-refractivity contribution is -0.168. The molecule has 0 aromatic rings. The summed E-state index contributed by atoms with van der Waals surface area (Å²) < 4.78 is 9.68. The first-order chi connectivity index (χ1) is 9.57. The van der Waals surface area contributed by atoms with Gasteiger partial charge in [0.05, 0.1) is 14.2 Å². The first kappa shape index (κ1) is 14.6. The van der Waals surface area contributed by atoms with E-state index in [0.29, 0.717) is 12.8 Å². The molecule has 0 radical (unpaired) electrons. The maximum atomic E-state index is 12.1. The quantitative estimate of drug-likeness (QED) is 0.587. The van der Waals surface area contributed by atoms with E-state index in [0.717, 1.165) is 18.4 Å². The summed E-state index contributed by atoms with van der Waals surface area (Å²) in [6, 6.07) is 0. The van der Waals surface area contributed by atoms with Crippen molar-refractivity contribution in [3.8, 4) is 0 Å². The fraction of sp³-hybridized carbons (Fsp3) is 0.500. The molecule has 0 aromatic heterocycles. The lowest BCUT2D eigenvalue weighted by atomic mass is 9.83. The summed E-state index contributed by atoms with van der Waals surface area (Å²) in [6.07, 6.45) is 8.79. The number of hydrogen-bond donors (Lipinski definition) is 0. The van der Waals surface area contributed by atoms with E-state index in [1.165, 1.54) is 25.4 Å². The Balaban J connectivity index is 2.32. The van der Waals surface area contributed by atoms with Crippen molar-refractivity contribution in [2.45, 2.75) is 32.6 Å². The zero-order valence-corrected chi connectivity index (χ0v) is 12.2. The van der Waals surface area contributed by atoms with E-state index in [-0.39, 0.29) is 0 Å². The van der Waals surface area contributed by atoms with Crippen LogP contribution in [0.5, 0.6) is 0 Å². The minimum Gasteiger partial charge on any atom is -0.468 e. The molecule has 4 nitrogen and oxygen atoms in total. The van der Waals surface area contributed by atoms with Gasteiger partial charge in [0.25, 0.3) is 0 Å². The standard InChI is InChI=1S/C16H20O4/c1-4-5-11-6-7-12-9-16(14(17)19-2,15(18)20-3)10-13(12)8-11/h4-5,8H,6-7,9-10H2,1-3H3/b5-4+. The molecule has 2 aliphatic rings. The highest BCUT2D eigenvalue weighted by molar-refractivity contribution is 6.01. The third kappa shape index (κ3) is 2.30. The number of carbonyl (C=O) groups is 2. The van der Waals surface area contributed by atoms with Crippen molar-refractivity contribution < 1.29 is 19.1 Å². The third-order valence-corrected chi connectivity index (χ3v) is 4.07. The molecule has 0 bridgehead atoms. The Hall–Kier alpha value is -1.84. The largest absolute Gasteiger partial charge is 0.468 e. The first-order valence-electron chi connectivity index (χ1n) is 6.78. The van der Waals surface area contributed by atoms with Crippen molar-refractivity contribution in [3.05, 3.63) is 34.9 Å². The van der Waals surface area contributed by atoms with Crippen LogP contribution in [0.4, 0.5) is 0 Å². The van der Waals surface area contributed by atoms with Gasteiger partial charge in [-0.15, -0.1) is 0 Å². The molecule has 20 heavy (non-hydrogen) atoms. The van der Waals surface area contributed by atoms with E-state index in [1.807, 2.05) is 13.0 Å². The fourth-order valence-electron chi connectivity index (χ4n) is 3.09. The van der Waals surface area contributed by atoms with Gasteiger partial charge in [0.2, 0.25) is 0 Å². The minimum atomic E-state index is -1.18. The summed E-state index contributed by atoms with van der Waals surface area (Å²) in [5.74, 6) is -1.00. The molecule has 0 amide bonds. The van der Waals surface area contributed by atoms with Crippen LogP contribution in [0.1, 0.15) is 32.6 Å². The fourth-order valence-corrected chi connectivity index (χ4v) is 3.09. The highest BCUT2D eigenvalue weighted by Gasteiger charge is 2.53. The maximum Gasteiger partial charge on any atom is 0.323 e. The lowest BCUT2D eigenvalue weighted by Crippen LogP contribution is -2.39. The second-order valence-corrected chi connectivity index (χ2v) is 5.27. The predicted octanol–water partition coefficient (Wildman–Crippen LogP) is 2.71. The smallest absolute Gasteiger partial charge is 0.323 e. The van der Waals surface area contributed by atoms with E-state index in [2.05, 4.69) is 12.2 Å². The second-order valence-electron chi connectivity index (χ2n) is 5.27. The number of methoxy groups -OCH3 is 2. The van der Waals surface area contributed by atoms with Gasteiger partial charge in [0, 0.05) is 0 Å². The molecule has 0 saturated heterocycles. The van der Waals surface area contributed by atoms with Crippen LogP contribution in [0.25, 0.3) is 0 Å². The van der Waals surface area contributed by atoms with E-state index in [9.17, 15) is 9.59 Å². The van der Waals surface area contributed by atoms with Gasteiger partial charge >= 0.3 is 11.9 Å². The molecule has 0 heterocycles. The van der Waals surface area contributed by atoms with Crippen molar-refractivity contribution in [1.82, 2.24) is 0 Å². The monoisotopic (exact) mass is 276 g/mol. The summed E-state index contributed by atoms with van der Waals surface area (Å²) in [5, 5.41) is 0. The zero-order chi connectivity index (χ0) is 14.8. The molecule has 0 unspecified atom stereocenters. The van der Waals surface area contributed by atoms with Crippen molar-refractivity contribution >= 4 is 11.9 Å². The van der Waals surface area contributed by atoms with Gasteiger partial charge in [-0.2, -0.15) is 0 Å². The Bertz CT molecular complexity index is 507. The first-order valence-corrected chi connectivity index (χ1v) is 6.78. The summed E-state index contributed by atoms with van der Waals surface area (Å²) in [4.78, 5) is 24.2. The molecule has 0 N–H and O–H groups in total. The van der Waals surface area contributed by atoms with E-state index in [1.54, 1.807) is 0 Å². The van der Waals surface area contributed by atoms with E-state index in [4.69, 9.17) is 9.47 Å². The van der Waals surface area contributed by atoms with Crippen LogP contribution in [-0.4, -0.2) is 26.2 Å². The van der Waals surface area contributed by atoms with Gasteiger partial charge in [0.1, 0.15) is 0 Å². The Morgan fingerprint density at radius 1 is 1.15 bits per heavy atom. The number of esters is 2. The lowest BCUT2D eigenvalue weighted by Gasteiger charge is -2.23. The van der Waals surface area contributed by atoms with Crippen molar-refractivity contribution in [2.75, 3.05) is 14.2 Å². The number of allylic oxidation sites excluding steroid dienone is 6. The Kier molecular flexibility index (Phi) is 4.12. The van der Waals surface area contributed by atoms with Gasteiger partial charge in [0.15, 0.2) is 5.41 Å². The summed E-state index contributed by atoms with van der Waals surface area (Å²) >= 11 is 0. The number of hydrogen-bond acceptors (Lipinski definition) is 4. The molecular weight excluding hydrogens is 256 g/mol. The Labute approximate surface area is 119 Å². The van der Waals surface area contributed by atoms with Crippen LogP contribution in [0.3, 0.4) is 0 Å². The normalized spacial score (nSPS) is 20.6. The SMILES string of the molecule is C/C=C/C1=CC2=C(CC1)CC(C(=O)OC)(C(=O)OC)C2. The zero-order valence-electron chi connectivity index (χ0n) is 12.2. The van der Waals surface area contributed by atoms with Crippen molar-refractivity contribution in [3.63, 3.8) is 0 Å². The van der Waals surface area contributed by atoms with Gasteiger partial charge < -0.3 is 9.47 Å². The Morgan fingerprint density at radius 3 is 2.35 bits per heavy atom. The average molecular weight is 276 g/mol. The number of carbonyl (C=O) groups excluding carboxylic acids is 2. The molecule has 0 fully saturated rings. The molecule has 4 heteroatoms. The van der Waals surface area contributed by atoms with Crippen LogP contribution in [0, 0.1) is 5.41 Å².